The Labute approximate surface area is 146 Å². The number of benzene rings is 1. The highest BCUT2D eigenvalue weighted by Gasteiger charge is 2.02. The Morgan fingerprint density at radius 3 is 2.50 bits per heavy atom. The summed E-state index contributed by atoms with van der Waals surface area (Å²) < 4.78 is 13.6. The van der Waals surface area contributed by atoms with Gasteiger partial charge in [0.25, 0.3) is 0 Å². The second kappa shape index (κ2) is 11.8. The third-order valence-electron chi connectivity index (χ3n) is 4.09. The highest BCUT2D eigenvalue weighted by atomic mass is 19.1. The molecule has 0 bridgehead atoms. The van der Waals surface area contributed by atoms with Gasteiger partial charge in [0.1, 0.15) is 5.82 Å². The summed E-state index contributed by atoms with van der Waals surface area (Å²) in [7, 11) is 0. The zero-order valence-corrected chi connectivity index (χ0v) is 15.7. The van der Waals surface area contributed by atoms with E-state index >= 15 is 0 Å². The number of nitrogens with one attached hydrogen (secondary N) is 2. The van der Waals surface area contributed by atoms with Crippen molar-refractivity contribution in [2.24, 2.45) is 4.99 Å². The molecular formula is C19H33FN4. The number of guanidine groups is 1. The maximum absolute atomic E-state index is 13.6. The number of nitrogens with zero attached hydrogens (tertiary/aromatic N) is 2. The molecule has 5 heteroatoms. The first-order valence-corrected chi connectivity index (χ1v) is 9.10. The standard InChI is InChI=1S/C19H33FN4/c1-5-21-19(22-12-8-9-13-24(6-2)7-3)23-15-17-11-10-16(4)18(20)14-17/h10-11,14H,5-9,12-13,15H2,1-4H3,(H2,21,22,23). The van der Waals surface area contributed by atoms with Gasteiger partial charge in [0.2, 0.25) is 0 Å². The van der Waals surface area contributed by atoms with Crippen molar-refractivity contribution in [1.82, 2.24) is 15.5 Å². The van der Waals surface area contributed by atoms with Crippen molar-refractivity contribution in [3.05, 3.63) is 35.1 Å². The van der Waals surface area contributed by atoms with Gasteiger partial charge >= 0.3 is 0 Å². The third-order valence-corrected chi connectivity index (χ3v) is 4.09. The highest BCUT2D eigenvalue weighted by Crippen LogP contribution is 2.09. The second-order valence-electron chi connectivity index (χ2n) is 5.94. The molecule has 0 aliphatic heterocycles. The summed E-state index contributed by atoms with van der Waals surface area (Å²) >= 11 is 0. The fourth-order valence-electron chi connectivity index (χ4n) is 2.45. The predicted octanol–water partition coefficient (Wildman–Crippen LogP) is 3.31. The second-order valence-corrected chi connectivity index (χ2v) is 5.94. The molecule has 0 saturated carbocycles. The fourth-order valence-corrected chi connectivity index (χ4v) is 2.45. The van der Waals surface area contributed by atoms with E-state index in [1.54, 1.807) is 19.1 Å². The van der Waals surface area contributed by atoms with Crippen LogP contribution in [0.15, 0.2) is 23.2 Å². The van der Waals surface area contributed by atoms with Crippen LogP contribution in [0.5, 0.6) is 0 Å². The normalized spacial score (nSPS) is 11.8. The van der Waals surface area contributed by atoms with Crippen molar-refractivity contribution in [1.29, 1.82) is 0 Å². The zero-order valence-electron chi connectivity index (χ0n) is 15.7. The van der Waals surface area contributed by atoms with E-state index in [9.17, 15) is 4.39 Å². The maximum Gasteiger partial charge on any atom is 0.191 e. The van der Waals surface area contributed by atoms with Crippen molar-refractivity contribution in [2.75, 3.05) is 32.7 Å². The Morgan fingerprint density at radius 1 is 1.12 bits per heavy atom. The van der Waals surface area contributed by atoms with Gasteiger partial charge in [-0.1, -0.05) is 26.0 Å². The molecule has 0 fully saturated rings. The average molecular weight is 336 g/mol. The first kappa shape index (κ1) is 20.4. The number of rotatable bonds is 10. The van der Waals surface area contributed by atoms with E-state index < -0.39 is 0 Å². The van der Waals surface area contributed by atoms with E-state index in [0.29, 0.717) is 12.1 Å². The van der Waals surface area contributed by atoms with Crippen LogP contribution in [0.4, 0.5) is 4.39 Å². The molecule has 0 aliphatic rings. The topological polar surface area (TPSA) is 39.7 Å². The summed E-state index contributed by atoms with van der Waals surface area (Å²) in [5.41, 5.74) is 1.55. The van der Waals surface area contributed by atoms with Crippen LogP contribution < -0.4 is 10.6 Å². The van der Waals surface area contributed by atoms with E-state index in [4.69, 9.17) is 0 Å². The maximum atomic E-state index is 13.6. The molecule has 24 heavy (non-hydrogen) atoms. The van der Waals surface area contributed by atoms with E-state index in [0.717, 1.165) is 50.7 Å². The number of hydrogen-bond acceptors (Lipinski definition) is 2. The van der Waals surface area contributed by atoms with Gasteiger partial charge in [0, 0.05) is 13.1 Å². The summed E-state index contributed by atoms with van der Waals surface area (Å²) in [6.45, 7) is 13.8. The van der Waals surface area contributed by atoms with Gasteiger partial charge in [0.15, 0.2) is 5.96 Å². The average Bonchev–Trinajstić information content (AvgIpc) is 2.58. The van der Waals surface area contributed by atoms with Crippen molar-refractivity contribution in [2.45, 2.75) is 47.1 Å². The van der Waals surface area contributed by atoms with Crippen LogP contribution in [0.2, 0.25) is 0 Å². The summed E-state index contributed by atoms with van der Waals surface area (Å²) in [5.74, 6) is 0.624. The van der Waals surface area contributed by atoms with Crippen molar-refractivity contribution < 1.29 is 4.39 Å². The van der Waals surface area contributed by atoms with Gasteiger partial charge in [-0.2, -0.15) is 0 Å². The molecule has 0 aliphatic carbocycles. The van der Waals surface area contributed by atoms with Crippen molar-refractivity contribution >= 4 is 5.96 Å². The molecule has 4 nitrogen and oxygen atoms in total. The Balaban J connectivity index is 2.40. The molecule has 0 aromatic heterocycles. The van der Waals surface area contributed by atoms with Crippen molar-refractivity contribution in [3.8, 4) is 0 Å². The molecule has 0 radical (unpaired) electrons. The Morgan fingerprint density at radius 2 is 1.88 bits per heavy atom. The minimum Gasteiger partial charge on any atom is -0.357 e. The summed E-state index contributed by atoms with van der Waals surface area (Å²) in [6, 6.07) is 5.29. The number of aryl methyl sites for hydroxylation is 1. The Kier molecular flexibility index (Phi) is 10.1. The summed E-state index contributed by atoms with van der Waals surface area (Å²) in [4.78, 5) is 6.97. The minimum atomic E-state index is -0.169. The number of halogens is 1. The van der Waals surface area contributed by atoms with Gasteiger partial charge in [-0.25, -0.2) is 9.38 Å². The Bertz CT molecular complexity index is 498. The number of hydrogen-bond donors (Lipinski definition) is 2. The lowest BCUT2D eigenvalue weighted by molar-refractivity contribution is 0.297. The molecule has 0 unspecified atom stereocenters. The lowest BCUT2D eigenvalue weighted by Crippen LogP contribution is -2.38. The molecule has 0 saturated heterocycles. The third kappa shape index (κ3) is 7.77. The van der Waals surface area contributed by atoms with Crippen LogP contribution in [-0.4, -0.2) is 43.6 Å². The Hall–Kier alpha value is -1.62. The van der Waals surface area contributed by atoms with E-state index in [-0.39, 0.29) is 5.82 Å². The molecule has 0 atom stereocenters. The molecule has 2 N–H and O–H groups in total. The van der Waals surface area contributed by atoms with Crippen LogP contribution in [0, 0.1) is 12.7 Å². The lowest BCUT2D eigenvalue weighted by atomic mass is 10.1. The van der Waals surface area contributed by atoms with E-state index in [1.807, 2.05) is 13.0 Å². The largest absolute Gasteiger partial charge is 0.357 e. The van der Waals surface area contributed by atoms with Gasteiger partial charge in [-0.05, 0) is 63.5 Å². The van der Waals surface area contributed by atoms with Gasteiger partial charge in [0.05, 0.1) is 6.54 Å². The molecule has 0 spiro atoms. The van der Waals surface area contributed by atoms with Crippen LogP contribution in [0.25, 0.3) is 0 Å². The van der Waals surface area contributed by atoms with Crippen LogP contribution in [0.3, 0.4) is 0 Å². The molecule has 0 heterocycles. The van der Waals surface area contributed by atoms with Crippen LogP contribution in [-0.2, 0) is 6.54 Å². The van der Waals surface area contributed by atoms with Crippen LogP contribution >= 0.6 is 0 Å². The van der Waals surface area contributed by atoms with Crippen LogP contribution in [0.1, 0.15) is 44.7 Å². The summed E-state index contributed by atoms with van der Waals surface area (Å²) in [6.07, 6.45) is 2.29. The fraction of sp³-hybridized carbons (Fsp3) is 0.632. The quantitative estimate of drug-likeness (QED) is 0.391. The van der Waals surface area contributed by atoms with E-state index in [2.05, 4.69) is 34.4 Å². The molecular weight excluding hydrogens is 303 g/mol. The smallest absolute Gasteiger partial charge is 0.191 e. The summed E-state index contributed by atoms with van der Waals surface area (Å²) in [5, 5.41) is 6.59. The molecule has 0 amide bonds. The van der Waals surface area contributed by atoms with Gasteiger partial charge in [-0.15, -0.1) is 0 Å². The molecule has 1 aromatic rings. The zero-order chi connectivity index (χ0) is 17.8. The first-order valence-electron chi connectivity index (χ1n) is 9.10. The number of aliphatic imine (C=N–C) groups is 1. The molecule has 1 aromatic carbocycles. The molecule has 1 rings (SSSR count). The SMILES string of the molecule is CCNC(=NCc1ccc(C)c(F)c1)NCCCCN(CC)CC. The number of unbranched alkanes of at least 4 members (excludes halogenated alkanes) is 1. The molecule has 136 valence electrons. The van der Waals surface area contributed by atoms with Crippen molar-refractivity contribution in [3.63, 3.8) is 0 Å². The van der Waals surface area contributed by atoms with Gasteiger partial charge in [-0.3, -0.25) is 0 Å². The van der Waals surface area contributed by atoms with E-state index in [1.165, 1.54) is 6.42 Å². The monoisotopic (exact) mass is 336 g/mol. The predicted molar refractivity (Wildman–Crippen MR) is 101 cm³/mol. The first-order chi connectivity index (χ1) is 11.6. The highest BCUT2D eigenvalue weighted by molar-refractivity contribution is 5.79. The minimum absolute atomic E-state index is 0.169. The lowest BCUT2D eigenvalue weighted by Gasteiger charge is -2.18. The van der Waals surface area contributed by atoms with Gasteiger partial charge < -0.3 is 15.5 Å².